The van der Waals surface area contributed by atoms with Gasteiger partial charge in [-0.05, 0) is 37.0 Å². The van der Waals surface area contributed by atoms with E-state index in [1.165, 1.54) is 22.3 Å². The molecule has 1 unspecified atom stereocenters. The molecule has 262 valence electrons. The fourth-order valence-corrected chi connectivity index (χ4v) is 6.55. The maximum absolute atomic E-state index is 14.2. The molecule has 0 aromatic rings. The number of rotatable bonds is 15. The molecule has 0 aromatic carbocycles. The topological polar surface area (TPSA) is 174 Å². The number of ketones is 1. The van der Waals surface area contributed by atoms with Crippen LogP contribution >= 0.6 is 11.6 Å². The summed E-state index contributed by atoms with van der Waals surface area (Å²) in [7, 11) is -2.06. The van der Waals surface area contributed by atoms with Crippen LogP contribution < -0.4 is 21.3 Å². The average molecular weight is 689 g/mol. The molecule has 1 saturated heterocycles. The van der Waals surface area contributed by atoms with Gasteiger partial charge in [0, 0.05) is 32.7 Å². The standard InChI is InChI=1S/C31H53ClN6O7S/c1-8-13-22(26(39)28(41)33-16-9-2)34-27(40)23-17-21(32)18-38(23)29(42)25(20-14-11-10-12-15-20)36-30(43)35-24(31(3,4)5)19-37(6)46(7,44)45/h9,20-25H,2,8,10-19H2,1,3-7H3,(H,33,41)(H,34,40)(H2,35,36,43)/t21-,22?,23+,24-,25+/m1/s1. The lowest BCUT2D eigenvalue weighted by molar-refractivity contribution is -0.143. The van der Waals surface area contributed by atoms with Crippen LogP contribution in [0.15, 0.2) is 12.7 Å². The number of likely N-dealkylation sites (N-methyl/N-ethyl adjacent to an activating group) is 1. The molecule has 1 heterocycles. The number of nitrogens with zero attached hydrogens (tertiary/aromatic N) is 2. The van der Waals surface area contributed by atoms with Gasteiger partial charge in [0.2, 0.25) is 27.6 Å². The number of likely N-dealkylation sites (tertiary alicyclic amines) is 1. The Balaban J connectivity index is 2.29. The summed E-state index contributed by atoms with van der Waals surface area (Å²) in [6.45, 7) is 11.2. The van der Waals surface area contributed by atoms with E-state index >= 15 is 0 Å². The minimum Gasteiger partial charge on any atom is -0.346 e. The minimum absolute atomic E-state index is 0.0311. The van der Waals surface area contributed by atoms with Crippen molar-refractivity contribution in [3.05, 3.63) is 12.7 Å². The molecule has 5 amide bonds. The van der Waals surface area contributed by atoms with Gasteiger partial charge < -0.3 is 26.2 Å². The fraction of sp³-hybridized carbons (Fsp3) is 0.774. The first kappa shape index (κ1) is 39.5. The first-order chi connectivity index (χ1) is 21.4. The molecule has 0 spiro atoms. The summed E-state index contributed by atoms with van der Waals surface area (Å²) in [4.78, 5) is 67.8. The predicted molar refractivity (Wildman–Crippen MR) is 178 cm³/mol. The Morgan fingerprint density at radius 3 is 2.24 bits per heavy atom. The maximum atomic E-state index is 14.2. The molecule has 5 atom stereocenters. The van der Waals surface area contributed by atoms with Crippen LogP contribution in [0.3, 0.4) is 0 Å². The Hall–Kier alpha value is -2.71. The summed E-state index contributed by atoms with van der Waals surface area (Å²) in [5.41, 5.74) is -0.514. The third-order valence-corrected chi connectivity index (χ3v) is 10.3. The Bertz CT molecular complexity index is 1220. The third kappa shape index (κ3) is 11.5. The van der Waals surface area contributed by atoms with Crippen LogP contribution in [0.5, 0.6) is 0 Å². The molecule has 0 bridgehead atoms. The summed E-state index contributed by atoms with van der Waals surface area (Å²) in [6.07, 6.45) is 7.63. The molecule has 46 heavy (non-hydrogen) atoms. The van der Waals surface area contributed by atoms with Crippen LogP contribution in [0, 0.1) is 11.3 Å². The normalized spacial score (nSPS) is 21.2. The van der Waals surface area contributed by atoms with Gasteiger partial charge in [0.25, 0.3) is 5.91 Å². The van der Waals surface area contributed by atoms with Crippen molar-refractivity contribution in [3.8, 4) is 0 Å². The summed E-state index contributed by atoms with van der Waals surface area (Å²) in [5.74, 6) is -2.85. The van der Waals surface area contributed by atoms with Crippen molar-refractivity contribution in [1.82, 2.24) is 30.5 Å². The first-order valence-corrected chi connectivity index (χ1v) is 18.3. The number of hydrogen-bond donors (Lipinski definition) is 4. The Kier molecular flexibility index (Phi) is 15.0. The van der Waals surface area contributed by atoms with Gasteiger partial charge >= 0.3 is 6.03 Å². The lowest BCUT2D eigenvalue weighted by Crippen LogP contribution is -2.60. The van der Waals surface area contributed by atoms with Crippen molar-refractivity contribution >= 4 is 51.2 Å². The second-order valence-corrected chi connectivity index (χ2v) is 16.2. The second-order valence-electron chi connectivity index (χ2n) is 13.5. The second kappa shape index (κ2) is 17.4. The molecule has 2 fully saturated rings. The predicted octanol–water partition coefficient (Wildman–Crippen LogP) is 1.91. The third-order valence-electron chi connectivity index (χ3n) is 8.71. The quantitative estimate of drug-likeness (QED) is 0.116. The van der Waals surface area contributed by atoms with E-state index in [9.17, 15) is 32.4 Å². The van der Waals surface area contributed by atoms with E-state index in [0.717, 1.165) is 25.5 Å². The Morgan fingerprint density at radius 1 is 1.07 bits per heavy atom. The smallest absolute Gasteiger partial charge is 0.315 e. The number of amides is 5. The van der Waals surface area contributed by atoms with E-state index in [1.807, 2.05) is 27.7 Å². The highest BCUT2D eigenvalue weighted by molar-refractivity contribution is 7.88. The van der Waals surface area contributed by atoms with Gasteiger partial charge in [-0.15, -0.1) is 18.2 Å². The highest BCUT2D eigenvalue weighted by Crippen LogP contribution is 2.31. The molecule has 0 aromatic heterocycles. The zero-order valence-electron chi connectivity index (χ0n) is 28.1. The van der Waals surface area contributed by atoms with Gasteiger partial charge in [-0.1, -0.05) is 59.5 Å². The SMILES string of the molecule is C=CCNC(=O)C(=O)C(CCC)NC(=O)[C@@H]1C[C@@H](Cl)CN1C(=O)[C@@H](NC(=O)N[C@H](CN(C)S(C)(=O)=O)C(C)(C)C)C1CCCCC1. The van der Waals surface area contributed by atoms with E-state index < -0.39 is 74.5 Å². The van der Waals surface area contributed by atoms with E-state index in [0.29, 0.717) is 19.3 Å². The van der Waals surface area contributed by atoms with Crippen LogP contribution in [0.25, 0.3) is 0 Å². The molecule has 1 aliphatic carbocycles. The number of urea groups is 1. The van der Waals surface area contributed by atoms with Crippen LogP contribution in [-0.2, 0) is 29.2 Å². The molecule has 15 heteroatoms. The van der Waals surface area contributed by atoms with Crippen molar-refractivity contribution in [1.29, 1.82) is 0 Å². The molecule has 1 aliphatic heterocycles. The molecule has 2 rings (SSSR count). The minimum atomic E-state index is -3.50. The zero-order chi connectivity index (χ0) is 34.8. The first-order valence-electron chi connectivity index (χ1n) is 16.1. The zero-order valence-corrected chi connectivity index (χ0v) is 29.6. The van der Waals surface area contributed by atoms with Gasteiger partial charge in [-0.2, -0.15) is 0 Å². The number of Topliss-reactive ketones (excluding diaryl/α,β-unsaturated/α-hetero) is 1. The summed E-state index contributed by atoms with van der Waals surface area (Å²) in [5, 5.41) is 10.3. The van der Waals surface area contributed by atoms with E-state index in [1.54, 1.807) is 0 Å². The molecule has 13 nitrogen and oxygen atoms in total. The maximum Gasteiger partial charge on any atom is 0.315 e. The van der Waals surface area contributed by atoms with Gasteiger partial charge in [0.15, 0.2) is 0 Å². The molecule has 4 N–H and O–H groups in total. The highest BCUT2D eigenvalue weighted by Gasteiger charge is 2.44. The molecular formula is C31H53ClN6O7S. The lowest BCUT2D eigenvalue weighted by atomic mass is 9.83. The number of alkyl halides is 1. The number of sulfonamides is 1. The molecule has 0 radical (unpaired) electrons. The van der Waals surface area contributed by atoms with Gasteiger partial charge in [-0.25, -0.2) is 17.5 Å². The Labute approximate surface area is 279 Å². The number of halogens is 1. The van der Waals surface area contributed by atoms with Crippen molar-refractivity contribution in [3.63, 3.8) is 0 Å². The van der Waals surface area contributed by atoms with Crippen molar-refractivity contribution < 1.29 is 32.4 Å². The lowest BCUT2D eigenvalue weighted by Gasteiger charge is -2.37. The van der Waals surface area contributed by atoms with Gasteiger partial charge in [0.05, 0.1) is 17.7 Å². The van der Waals surface area contributed by atoms with E-state index in [4.69, 9.17) is 11.6 Å². The summed E-state index contributed by atoms with van der Waals surface area (Å²) < 4.78 is 25.3. The summed E-state index contributed by atoms with van der Waals surface area (Å²) in [6, 6.07) is -4.23. The fourth-order valence-electron chi connectivity index (χ4n) is 5.81. The monoisotopic (exact) mass is 688 g/mol. The van der Waals surface area contributed by atoms with Crippen molar-refractivity contribution in [2.24, 2.45) is 11.3 Å². The number of hydrogen-bond acceptors (Lipinski definition) is 7. The van der Waals surface area contributed by atoms with E-state index in [2.05, 4.69) is 27.8 Å². The molecule has 2 aliphatic rings. The highest BCUT2D eigenvalue weighted by atomic mass is 35.5. The van der Waals surface area contributed by atoms with Crippen molar-refractivity contribution in [2.45, 2.75) is 109 Å². The van der Waals surface area contributed by atoms with E-state index in [-0.39, 0.29) is 38.4 Å². The largest absolute Gasteiger partial charge is 0.346 e. The van der Waals surface area contributed by atoms with Crippen LogP contribution in [0.4, 0.5) is 4.79 Å². The van der Waals surface area contributed by atoms with Crippen LogP contribution in [0.2, 0.25) is 0 Å². The number of nitrogens with one attached hydrogen (secondary N) is 4. The Morgan fingerprint density at radius 2 is 1.70 bits per heavy atom. The average Bonchev–Trinajstić information content (AvgIpc) is 3.38. The summed E-state index contributed by atoms with van der Waals surface area (Å²) >= 11 is 6.49. The van der Waals surface area contributed by atoms with Crippen LogP contribution in [-0.4, -0.2) is 110 Å². The van der Waals surface area contributed by atoms with Crippen molar-refractivity contribution in [2.75, 3.05) is 32.9 Å². The molecular weight excluding hydrogens is 636 g/mol. The van der Waals surface area contributed by atoms with Gasteiger partial charge in [0.1, 0.15) is 12.1 Å². The number of carbonyl (C=O) groups excluding carboxylic acids is 5. The number of carbonyl (C=O) groups is 5. The molecule has 1 saturated carbocycles. The van der Waals surface area contributed by atoms with Gasteiger partial charge in [-0.3, -0.25) is 19.2 Å². The van der Waals surface area contributed by atoms with Crippen LogP contribution in [0.1, 0.15) is 79.1 Å².